The molecule has 1 heterocycles. The molecular formula is C8H9ClN4O. The van der Waals surface area contributed by atoms with Gasteiger partial charge in [-0.25, -0.2) is 9.97 Å². The SMILES string of the molecule is C=CCNc1cc(Cl)nc(C(N)=O)n1. The Hall–Kier alpha value is -1.62. The van der Waals surface area contributed by atoms with Crippen LogP contribution in [0.15, 0.2) is 18.7 Å². The average Bonchev–Trinajstić information content (AvgIpc) is 2.14. The van der Waals surface area contributed by atoms with E-state index in [1.165, 1.54) is 6.07 Å². The molecule has 74 valence electrons. The van der Waals surface area contributed by atoms with Gasteiger partial charge in [0, 0.05) is 12.6 Å². The van der Waals surface area contributed by atoms with Crippen molar-refractivity contribution in [3.05, 3.63) is 29.7 Å². The van der Waals surface area contributed by atoms with Crippen LogP contribution >= 0.6 is 11.6 Å². The maximum Gasteiger partial charge on any atom is 0.286 e. The molecule has 1 aromatic heterocycles. The maximum absolute atomic E-state index is 10.8. The van der Waals surface area contributed by atoms with Gasteiger partial charge in [-0.15, -0.1) is 6.58 Å². The molecule has 14 heavy (non-hydrogen) atoms. The molecule has 0 atom stereocenters. The standard InChI is InChI=1S/C8H9ClN4O/c1-2-3-11-6-4-5(9)12-8(13-6)7(10)14/h2,4H,1,3H2,(H2,10,14)(H,11,12,13). The van der Waals surface area contributed by atoms with Crippen LogP contribution in [0, 0.1) is 0 Å². The molecule has 3 N–H and O–H groups in total. The summed E-state index contributed by atoms with van der Waals surface area (Å²) in [5, 5.41) is 3.04. The lowest BCUT2D eigenvalue weighted by atomic mass is 10.5. The smallest absolute Gasteiger partial charge is 0.286 e. The molecule has 5 nitrogen and oxygen atoms in total. The van der Waals surface area contributed by atoms with Crippen LogP contribution in [0.4, 0.5) is 5.82 Å². The number of halogens is 1. The minimum atomic E-state index is -0.714. The third-order valence-electron chi connectivity index (χ3n) is 1.34. The molecule has 0 unspecified atom stereocenters. The molecule has 0 spiro atoms. The van der Waals surface area contributed by atoms with Gasteiger partial charge in [-0.2, -0.15) is 0 Å². The highest BCUT2D eigenvalue weighted by Gasteiger charge is 2.07. The molecule has 0 aliphatic carbocycles. The van der Waals surface area contributed by atoms with Crippen molar-refractivity contribution in [2.75, 3.05) is 11.9 Å². The molecular weight excluding hydrogens is 204 g/mol. The van der Waals surface area contributed by atoms with Crippen LogP contribution in [-0.4, -0.2) is 22.4 Å². The van der Waals surface area contributed by atoms with Gasteiger partial charge in [0.2, 0.25) is 5.82 Å². The Bertz CT molecular complexity index is 366. The zero-order chi connectivity index (χ0) is 10.6. The molecule has 0 aliphatic rings. The van der Waals surface area contributed by atoms with Gasteiger partial charge in [0.15, 0.2) is 0 Å². The summed E-state index contributed by atoms with van der Waals surface area (Å²) >= 11 is 5.65. The predicted molar refractivity (Wildman–Crippen MR) is 54.2 cm³/mol. The molecule has 1 amide bonds. The number of primary amides is 1. The zero-order valence-corrected chi connectivity index (χ0v) is 8.08. The van der Waals surface area contributed by atoms with E-state index >= 15 is 0 Å². The van der Waals surface area contributed by atoms with Gasteiger partial charge in [0.1, 0.15) is 11.0 Å². The van der Waals surface area contributed by atoms with Crippen molar-refractivity contribution >= 4 is 23.3 Å². The van der Waals surface area contributed by atoms with Gasteiger partial charge < -0.3 is 11.1 Å². The fourth-order valence-electron chi connectivity index (χ4n) is 0.795. The lowest BCUT2D eigenvalue weighted by molar-refractivity contribution is 0.0990. The van der Waals surface area contributed by atoms with Crippen molar-refractivity contribution < 1.29 is 4.79 Å². The summed E-state index contributed by atoms with van der Waals surface area (Å²) in [7, 11) is 0. The number of carbonyl (C=O) groups excluding carboxylic acids is 1. The quantitative estimate of drug-likeness (QED) is 0.572. The number of nitrogens with two attached hydrogens (primary N) is 1. The topological polar surface area (TPSA) is 80.9 Å². The van der Waals surface area contributed by atoms with E-state index in [2.05, 4.69) is 21.9 Å². The third-order valence-corrected chi connectivity index (χ3v) is 1.54. The highest BCUT2D eigenvalue weighted by atomic mass is 35.5. The summed E-state index contributed by atoms with van der Waals surface area (Å²) in [5.41, 5.74) is 5.01. The highest BCUT2D eigenvalue weighted by molar-refractivity contribution is 6.29. The number of hydrogen-bond acceptors (Lipinski definition) is 4. The Balaban J connectivity index is 2.94. The number of anilines is 1. The van der Waals surface area contributed by atoms with E-state index in [9.17, 15) is 4.79 Å². The highest BCUT2D eigenvalue weighted by Crippen LogP contribution is 2.10. The average molecular weight is 213 g/mol. The molecule has 1 rings (SSSR count). The van der Waals surface area contributed by atoms with Crippen molar-refractivity contribution in [1.82, 2.24) is 9.97 Å². The molecule has 0 saturated carbocycles. The first-order valence-electron chi connectivity index (χ1n) is 3.82. The van der Waals surface area contributed by atoms with E-state index in [0.29, 0.717) is 12.4 Å². The van der Waals surface area contributed by atoms with Crippen LogP contribution in [0.25, 0.3) is 0 Å². The van der Waals surface area contributed by atoms with E-state index in [0.717, 1.165) is 0 Å². The van der Waals surface area contributed by atoms with Crippen LogP contribution in [-0.2, 0) is 0 Å². The molecule has 0 aromatic carbocycles. The third kappa shape index (κ3) is 2.70. The number of rotatable bonds is 4. The number of amides is 1. The molecule has 0 aliphatic heterocycles. The molecule has 0 radical (unpaired) electrons. The largest absolute Gasteiger partial charge is 0.366 e. The van der Waals surface area contributed by atoms with Crippen molar-refractivity contribution in [2.45, 2.75) is 0 Å². The fraction of sp³-hybridized carbons (Fsp3) is 0.125. The molecule has 6 heteroatoms. The van der Waals surface area contributed by atoms with E-state index < -0.39 is 5.91 Å². The number of nitrogens with zero attached hydrogens (tertiary/aromatic N) is 2. The molecule has 1 aromatic rings. The second-order valence-corrected chi connectivity index (χ2v) is 2.82. The molecule has 0 fully saturated rings. The Morgan fingerprint density at radius 2 is 2.43 bits per heavy atom. The normalized spacial score (nSPS) is 9.50. The van der Waals surface area contributed by atoms with Gasteiger partial charge in [-0.3, -0.25) is 4.79 Å². The van der Waals surface area contributed by atoms with E-state index in [4.69, 9.17) is 17.3 Å². The summed E-state index contributed by atoms with van der Waals surface area (Å²) in [5.74, 6) is -0.378. The number of aromatic nitrogens is 2. The van der Waals surface area contributed by atoms with Gasteiger partial charge in [0.05, 0.1) is 0 Å². The second kappa shape index (κ2) is 4.57. The van der Waals surface area contributed by atoms with Crippen molar-refractivity contribution in [2.24, 2.45) is 5.73 Å². The first-order chi connectivity index (χ1) is 6.63. The molecule has 0 bridgehead atoms. The summed E-state index contributed by atoms with van der Waals surface area (Å²) in [4.78, 5) is 18.3. The summed E-state index contributed by atoms with van der Waals surface area (Å²) in [6.07, 6.45) is 1.65. The maximum atomic E-state index is 10.8. The molecule has 0 saturated heterocycles. The van der Waals surface area contributed by atoms with Crippen LogP contribution in [0.3, 0.4) is 0 Å². The number of nitrogens with one attached hydrogen (secondary N) is 1. The first-order valence-corrected chi connectivity index (χ1v) is 4.20. The number of hydrogen-bond donors (Lipinski definition) is 2. The van der Waals surface area contributed by atoms with E-state index in [1.807, 2.05) is 0 Å². The Kier molecular flexibility index (Phi) is 3.41. The van der Waals surface area contributed by atoms with Gasteiger partial charge in [-0.05, 0) is 0 Å². The minimum Gasteiger partial charge on any atom is -0.366 e. The summed E-state index contributed by atoms with van der Waals surface area (Å²) < 4.78 is 0. The first kappa shape index (κ1) is 10.5. The van der Waals surface area contributed by atoms with Crippen LogP contribution in [0.1, 0.15) is 10.6 Å². The van der Waals surface area contributed by atoms with E-state index in [-0.39, 0.29) is 11.0 Å². The predicted octanol–water partition coefficient (Wildman–Crippen LogP) is 0.827. The second-order valence-electron chi connectivity index (χ2n) is 2.43. The van der Waals surface area contributed by atoms with Gasteiger partial charge in [-0.1, -0.05) is 17.7 Å². The van der Waals surface area contributed by atoms with Gasteiger partial charge >= 0.3 is 0 Å². The van der Waals surface area contributed by atoms with Crippen molar-refractivity contribution in [3.8, 4) is 0 Å². The Labute approximate surface area is 86.0 Å². The zero-order valence-electron chi connectivity index (χ0n) is 7.33. The monoisotopic (exact) mass is 212 g/mol. The van der Waals surface area contributed by atoms with Crippen LogP contribution in [0.5, 0.6) is 0 Å². The van der Waals surface area contributed by atoms with Crippen molar-refractivity contribution in [3.63, 3.8) is 0 Å². The fourth-order valence-corrected chi connectivity index (χ4v) is 0.979. The van der Waals surface area contributed by atoms with Crippen LogP contribution in [0.2, 0.25) is 5.15 Å². The van der Waals surface area contributed by atoms with E-state index in [1.54, 1.807) is 6.08 Å². The lowest BCUT2D eigenvalue weighted by Crippen LogP contribution is -2.16. The summed E-state index contributed by atoms with van der Waals surface area (Å²) in [6.45, 7) is 4.04. The van der Waals surface area contributed by atoms with Crippen molar-refractivity contribution in [1.29, 1.82) is 0 Å². The van der Waals surface area contributed by atoms with Gasteiger partial charge in [0.25, 0.3) is 5.91 Å². The number of carbonyl (C=O) groups is 1. The minimum absolute atomic E-state index is 0.107. The van der Waals surface area contributed by atoms with Crippen LogP contribution < -0.4 is 11.1 Å². The lowest BCUT2D eigenvalue weighted by Gasteiger charge is -2.03. The Morgan fingerprint density at radius 3 is 3.00 bits per heavy atom. The summed E-state index contributed by atoms with van der Waals surface area (Å²) in [6, 6.07) is 1.50. The Morgan fingerprint density at radius 1 is 1.71 bits per heavy atom.